The average molecular weight is 787 g/mol. The molecule has 0 N–H and O–H groups in total. The van der Waals surface area contributed by atoms with Gasteiger partial charge in [-0.25, -0.2) is 0 Å². The molecule has 4 heteroatoms. The number of hydrogen-bond donors (Lipinski definition) is 0. The third kappa shape index (κ3) is 8.90. The Bertz CT molecular complexity index is 1230. The standard InChI is InChI=1S/2C15H11.C2H7Si.2HI.Zr/c2*1-2-6-12(7-3-1)15-10-13-8-4-5-9-14(13)11-15;1-3-2;;;/h2*1-11H;3H,1-2H3;2*1H;/q2*-1;;;;+4/p-2. The predicted octanol–water partition coefficient (Wildman–Crippen LogP) is 2.98. The van der Waals surface area contributed by atoms with Crippen LogP contribution in [-0.2, 0) is 26.2 Å². The molecule has 1 radical (unpaired) electrons. The minimum Gasteiger partial charge on any atom is -1.00 e. The van der Waals surface area contributed by atoms with E-state index in [1.807, 2.05) is 12.1 Å². The maximum atomic E-state index is 2.24. The number of fused-ring (bicyclic) bond motifs is 2. The Balaban J connectivity index is 0.000000302. The van der Waals surface area contributed by atoms with Gasteiger partial charge in [0.25, 0.3) is 0 Å². The molecular weight excluding hydrogens is 757 g/mol. The van der Waals surface area contributed by atoms with Gasteiger partial charge in [-0.05, 0) is 0 Å². The summed E-state index contributed by atoms with van der Waals surface area (Å²) in [5.41, 5.74) is 5.18. The molecule has 0 aromatic heterocycles. The first-order chi connectivity index (χ1) is 16.3. The molecule has 0 saturated carbocycles. The van der Waals surface area contributed by atoms with Crippen molar-refractivity contribution >= 4 is 31.1 Å². The summed E-state index contributed by atoms with van der Waals surface area (Å²) in [6, 6.07) is 46.9. The Kier molecular flexibility index (Phi) is 15.6. The Morgan fingerprint density at radius 1 is 0.472 bits per heavy atom. The van der Waals surface area contributed by atoms with Crippen molar-refractivity contribution in [3.8, 4) is 22.3 Å². The topological polar surface area (TPSA) is 0 Å². The van der Waals surface area contributed by atoms with Crippen LogP contribution in [0.25, 0.3) is 43.8 Å². The first kappa shape index (κ1) is 32.7. The second kappa shape index (κ2) is 17.2. The van der Waals surface area contributed by atoms with Gasteiger partial charge in [0.15, 0.2) is 0 Å². The minimum absolute atomic E-state index is 0. The van der Waals surface area contributed by atoms with E-state index in [0.29, 0.717) is 0 Å². The fourth-order valence-corrected chi connectivity index (χ4v) is 3.90. The number of benzene rings is 4. The van der Waals surface area contributed by atoms with E-state index in [1.54, 1.807) is 0 Å². The Hall–Kier alpha value is -1.34. The van der Waals surface area contributed by atoms with Crippen LogP contribution in [0.2, 0.25) is 13.1 Å². The van der Waals surface area contributed by atoms with Gasteiger partial charge in [-0.1, -0.05) is 121 Å². The van der Waals surface area contributed by atoms with Crippen LogP contribution >= 0.6 is 0 Å². The van der Waals surface area contributed by atoms with Crippen LogP contribution in [0.4, 0.5) is 0 Å². The largest absolute Gasteiger partial charge is 4.00 e. The molecule has 0 atom stereocenters. The second-order valence-corrected chi connectivity index (χ2v) is 9.21. The summed E-state index contributed by atoms with van der Waals surface area (Å²) in [6.07, 6.45) is 0. The maximum absolute atomic E-state index is 2.24. The normalized spacial score (nSPS) is 9.39. The van der Waals surface area contributed by atoms with Crippen LogP contribution in [-0.4, -0.2) is 9.52 Å². The van der Waals surface area contributed by atoms with Crippen molar-refractivity contribution in [3.05, 3.63) is 133 Å². The fourth-order valence-electron chi connectivity index (χ4n) is 3.90. The summed E-state index contributed by atoms with van der Waals surface area (Å²) < 4.78 is 0. The Labute approximate surface area is 271 Å². The van der Waals surface area contributed by atoms with Gasteiger partial charge in [0.05, 0.1) is 0 Å². The molecular formula is C32H29I2SiZr. The van der Waals surface area contributed by atoms with E-state index in [0.717, 1.165) is 9.52 Å². The molecule has 0 bridgehead atoms. The number of hydrogen-bond acceptors (Lipinski definition) is 0. The van der Waals surface area contributed by atoms with Gasteiger partial charge >= 0.3 is 26.2 Å². The van der Waals surface area contributed by atoms with E-state index in [9.17, 15) is 0 Å². The van der Waals surface area contributed by atoms with Crippen LogP contribution in [0.5, 0.6) is 0 Å². The van der Waals surface area contributed by atoms with Crippen molar-refractivity contribution in [1.29, 1.82) is 0 Å². The molecule has 6 aromatic carbocycles. The van der Waals surface area contributed by atoms with Crippen molar-refractivity contribution in [2.75, 3.05) is 0 Å². The number of rotatable bonds is 2. The van der Waals surface area contributed by atoms with Gasteiger partial charge in [-0.15, -0.1) is 69.1 Å². The minimum atomic E-state index is 0. The van der Waals surface area contributed by atoms with Gasteiger partial charge in [0, 0.05) is 9.52 Å². The molecule has 6 aromatic rings. The van der Waals surface area contributed by atoms with Crippen LogP contribution in [0, 0.1) is 0 Å². The zero-order valence-corrected chi connectivity index (χ0v) is 28.5. The molecule has 0 nitrogen and oxygen atoms in total. The molecule has 0 fully saturated rings. The molecule has 0 amide bonds. The van der Waals surface area contributed by atoms with Gasteiger partial charge in [0.1, 0.15) is 0 Å². The van der Waals surface area contributed by atoms with Crippen molar-refractivity contribution in [2.45, 2.75) is 13.1 Å². The molecule has 0 aliphatic rings. The van der Waals surface area contributed by atoms with E-state index in [-0.39, 0.29) is 74.2 Å². The first-order valence-electron chi connectivity index (χ1n) is 11.4. The van der Waals surface area contributed by atoms with Crippen LogP contribution in [0.15, 0.2) is 133 Å². The average Bonchev–Trinajstić information content (AvgIpc) is 3.51. The summed E-state index contributed by atoms with van der Waals surface area (Å²) >= 11 is 0. The van der Waals surface area contributed by atoms with E-state index < -0.39 is 0 Å². The van der Waals surface area contributed by atoms with E-state index in [4.69, 9.17) is 0 Å². The molecule has 6 rings (SSSR count). The molecule has 0 aliphatic carbocycles. The van der Waals surface area contributed by atoms with Crippen molar-refractivity contribution < 1.29 is 74.2 Å². The molecule has 179 valence electrons. The zero-order chi connectivity index (χ0) is 22.9. The fraction of sp³-hybridized carbons (Fsp3) is 0.0625. The summed E-state index contributed by atoms with van der Waals surface area (Å²) in [5.74, 6) is 0. The third-order valence-corrected chi connectivity index (χ3v) is 5.45. The van der Waals surface area contributed by atoms with Crippen LogP contribution < -0.4 is 48.0 Å². The molecule has 0 unspecified atom stereocenters. The molecule has 36 heavy (non-hydrogen) atoms. The first-order valence-corrected chi connectivity index (χ1v) is 13.7. The molecule has 0 heterocycles. The van der Waals surface area contributed by atoms with E-state index in [1.165, 1.54) is 43.8 Å². The van der Waals surface area contributed by atoms with Crippen LogP contribution in [0.1, 0.15) is 0 Å². The third-order valence-electron chi connectivity index (χ3n) is 5.45. The van der Waals surface area contributed by atoms with E-state index in [2.05, 4.69) is 134 Å². The molecule has 0 spiro atoms. The predicted molar refractivity (Wildman–Crippen MR) is 149 cm³/mol. The van der Waals surface area contributed by atoms with Crippen molar-refractivity contribution in [1.82, 2.24) is 0 Å². The van der Waals surface area contributed by atoms with Gasteiger partial charge in [-0.2, -0.15) is 0 Å². The zero-order valence-electron chi connectivity index (χ0n) is 20.5. The summed E-state index contributed by atoms with van der Waals surface area (Å²) in [6.45, 7) is 4.42. The smallest absolute Gasteiger partial charge is 1.00 e. The molecule has 0 saturated heterocycles. The summed E-state index contributed by atoms with van der Waals surface area (Å²) in [7, 11) is 0.750. The Morgan fingerprint density at radius 2 is 0.778 bits per heavy atom. The second-order valence-electron chi connectivity index (χ2n) is 8.06. The quantitative estimate of drug-likeness (QED) is 0.144. The van der Waals surface area contributed by atoms with Gasteiger partial charge < -0.3 is 48.0 Å². The van der Waals surface area contributed by atoms with Gasteiger partial charge in [-0.3, -0.25) is 0 Å². The van der Waals surface area contributed by atoms with Crippen molar-refractivity contribution in [2.24, 2.45) is 0 Å². The monoisotopic (exact) mass is 785 g/mol. The van der Waals surface area contributed by atoms with Crippen LogP contribution in [0.3, 0.4) is 0 Å². The summed E-state index contributed by atoms with van der Waals surface area (Å²) in [4.78, 5) is 0. The SMILES string of the molecule is C[SiH]C.[I-].[I-].[Zr+4].c1ccc(-c2cc3ccccc3[cH-]2)cc1.c1ccc(-c2cc3ccccc3[cH-]2)cc1. The van der Waals surface area contributed by atoms with Gasteiger partial charge in [0.2, 0.25) is 0 Å². The maximum Gasteiger partial charge on any atom is 4.00 e. The van der Waals surface area contributed by atoms with Crippen molar-refractivity contribution in [3.63, 3.8) is 0 Å². The molecule has 0 aliphatic heterocycles. The summed E-state index contributed by atoms with van der Waals surface area (Å²) in [5, 5.41) is 5.26. The van der Waals surface area contributed by atoms with E-state index >= 15 is 0 Å². The Morgan fingerprint density at radius 3 is 1.11 bits per heavy atom. The number of halogens is 2.